The van der Waals surface area contributed by atoms with E-state index >= 15 is 0 Å². The number of aryl methyl sites for hydroxylation is 1. The fraction of sp³-hybridized carbons (Fsp3) is 0.636. The smallest absolute Gasteiger partial charge is 0.253 e. The maximum Gasteiger partial charge on any atom is 0.253 e. The van der Waals surface area contributed by atoms with Crippen LogP contribution >= 0.6 is 0 Å². The molecule has 6 heteroatoms. The van der Waals surface area contributed by atoms with Crippen molar-refractivity contribution in [2.45, 2.75) is 39.2 Å². The van der Waals surface area contributed by atoms with Crippen molar-refractivity contribution in [1.82, 2.24) is 10.2 Å². The van der Waals surface area contributed by atoms with Crippen LogP contribution in [0.1, 0.15) is 42.1 Å². The molecule has 2 amide bonds. The van der Waals surface area contributed by atoms with Crippen LogP contribution in [0.15, 0.2) is 18.2 Å². The van der Waals surface area contributed by atoms with Crippen LogP contribution in [0.25, 0.3) is 0 Å². The number of benzene rings is 1. The molecule has 4 rings (SSSR count). The average molecular weight is 386 g/mol. The highest BCUT2D eigenvalue weighted by Crippen LogP contribution is 2.38. The van der Waals surface area contributed by atoms with Crippen molar-refractivity contribution >= 4 is 17.5 Å². The van der Waals surface area contributed by atoms with Crippen LogP contribution in [0, 0.1) is 18.8 Å². The Bertz CT molecular complexity index is 737. The molecule has 1 saturated carbocycles. The fourth-order valence-corrected chi connectivity index (χ4v) is 4.29. The third kappa shape index (κ3) is 4.17. The van der Waals surface area contributed by atoms with E-state index in [0.717, 1.165) is 56.8 Å². The lowest BCUT2D eigenvalue weighted by atomic mass is 10.0. The molecule has 1 N–H and O–H groups in total. The fourth-order valence-electron chi connectivity index (χ4n) is 4.29. The number of carbonyl (C=O) groups is 2. The summed E-state index contributed by atoms with van der Waals surface area (Å²) in [6, 6.07) is 6.21. The molecule has 0 spiro atoms. The summed E-state index contributed by atoms with van der Waals surface area (Å²) in [5.41, 5.74) is 3.07. The van der Waals surface area contributed by atoms with Crippen LogP contribution < -0.4 is 10.2 Å². The van der Waals surface area contributed by atoms with Gasteiger partial charge in [0.25, 0.3) is 5.91 Å². The normalized spacial score (nSPS) is 25.5. The van der Waals surface area contributed by atoms with Crippen LogP contribution in [-0.2, 0) is 9.53 Å². The maximum absolute atomic E-state index is 13.0. The number of anilines is 1. The van der Waals surface area contributed by atoms with Gasteiger partial charge in [0.15, 0.2) is 0 Å². The van der Waals surface area contributed by atoms with Crippen molar-refractivity contribution in [3.05, 3.63) is 29.3 Å². The molecule has 1 aromatic rings. The SMILES string of the molecule is Cc1ccc(C(=O)N2CCC(NC(=O)[C@H]3C[C@H]3C)CC2)cc1N1CCOCC1. The first kappa shape index (κ1) is 19.2. The lowest BCUT2D eigenvalue weighted by Gasteiger charge is -2.33. The Hall–Kier alpha value is -2.08. The van der Waals surface area contributed by atoms with Crippen molar-refractivity contribution in [1.29, 1.82) is 0 Å². The summed E-state index contributed by atoms with van der Waals surface area (Å²) in [6.45, 7) is 8.81. The van der Waals surface area contributed by atoms with Crippen molar-refractivity contribution in [2.75, 3.05) is 44.3 Å². The van der Waals surface area contributed by atoms with E-state index in [1.54, 1.807) is 0 Å². The minimum absolute atomic E-state index is 0.0927. The van der Waals surface area contributed by atoms with Crippen molar-refractivity contribution < 1.29 is 14.3 Å². The van der Waals surface area contributed by atoms with E-state index in [1.165, 1.54) is 5.56 Å². The molecular weight excluding hydrogens is 354 g/mol. The number of morpholine rings is 1. The Morgan fingerprint density at radius 2 is 1.79 bits per heavy atom. The van der Waals surface area contributed by atoms with Crippen LogP contribution in [0.3, 0.4) is 0 Å². The predicted octanol–water partition coefficient (Wildman–Crippen LogP) is 2.21. The molecule has 152 valence electrons. The zero-order valence-corrected chi connectivity index (χ0v) is 16.9. The van der Waals surface area contributed by atoms with Crippen LogP contribution in [0.4, 0.5) is 5.69 Å². The number of hydrogen-bond acceptors (Lipinski definition) is 4. The zero-order valence-electron chi connectivity index (χ0n) is 16.9. The Balaban J connectivity index is 1.35. The van der Waals surface area contributed by atoms with Gasteiger partial charge in [-0.2, -0.15) is 0 Å². The van der Waals surface area contributed by atoms with Gasteiger partial charge in [0.1, 0.15) is 0 Å². The number of carbonyl (C=O) groups excluding carboxylic acids is 2. The molecule has 3 fully saturated rings. The van der Waals surface area contributed by atoms with E-state index in [4.69, 9.17) is 4.74 Å². The summed E-state index contributed by atoms with van der Waals surface area (Å²) in [4.78, 5) is 29.4. The van der Waals surface area contributed by atoms with Gasteiger partial charge < -0.3 is 19.9 Å². The number of nitrogens with zero attached hydrogens (tertiary/aromatic N) is 2. The summed E-state index contributed by atoms with van der Waals surface area (Å²) in [7, 11) is 0. The van der Waals surface area contributed by atoms with E-state index in [1.807, 2.05) is 23.1 Å². The third-order valence-electron chi connectivity index (χ3n) is 6.38. The molecule has 1 aromatic carbocycles. The maximum atomic E-state index is 13.0. The Kier molecular flexibility index (Phi) is 5.58. The van der Waals surface area contributed by atoms with Gasteiger partial charge >= 0.3 is 0 Å². The van der Waals surface area contributed by atoms with Gasteiger partial charge in [0.2, 0.25) is 5.91 Å². The van der Waals surface area contributed by atoms with Crippen LogP contribution in [0.5, 0.6) is 0 Å². The Morgan fingerprint density at radius 1 is 1.11 bits per heavy atom. The topological polar surface area (TPSA) is 61.9 Å². The molecule has 0 radical (unpaired) electrons. The zero-order chi connectivity index (χ0) is 19.7. The lowest BCUT2D eigenvalue weighted by Crippen LogP contribution is -2.47. The number of rotatable bonds is 4. The van der Waals surface area contributed by atoms with Gasteiger partial charge in [-0.25, -0.2) is 0 Å². The first-order valence-corrected chi connectivity index (χ1v) is 10.6. The minimum atomic E-state index is 0.0927. The monoisotopic (exact) mass is 385 g/mol. The van der Waals surface area contributed by atoms with Crippen molar-refractivity contribution in [3.8, 4) is 0 Å². The van der Waals surface area contributed by atoms with Crippen molar-refractivity contribution in [2.24, 2.45) is 11.8 Å². The molecule has 0 unspecified atom stereocenters. The summed E-state index contributed by atoms with van der Waals surface area (Å²) in [5, 5.41) is 3.17. The first-order valence-electron chi connectivity index (χ1n) is 10.6. The average Bonchev–Trinajstić information content (AvgIpc) is 3.46. The summed E-state index contributed by atoms with van der Waals surface area (Å²) < 4.78 is 5.45. The molecule has 6 nitrogen and oxygen atoms in total. The molecule has 2 saturated heterocycles. The van der Waals surface area contributed by atoms with Gasteiger partial charge in [-0.3, -0.25) is 9.59 Å². The van der Waals surface area contributed by atoms with Gasteiger partial charge in [-0.05, 0) is 49.8 Å². The van der Waals surface area contributed by atoms with Crippen molar-refractivity contribution in [3.63, 3.8) is 0 Å². The largest absolute Gasteiger partial charge is 0.378 e. The number of ether oxygens (including phenoxy) is 1. The highest BCUT2D eigenvalue weighted by Gasteiger charge is 2.40. The number of amides is 2. The van der Waals surface area contributed by atoms with E-state index in [-0.39, 0.29) is 23.8 Å². The van der Waals surface area contributed by atoms with E-state index < -0.39 is 0 Å². The minimum Gasteiger partial charge on any atom is -0.378 e. The molecule has 1 aliphatic carbocycles. The van der Waals surface area contributed by atoms with E-state index in [9.17, 15) is 9.59 Å². The lowest BCUT2D eigenvalue weighted by molar-refractivity contribution is -0.123. The number of piperidine rings is 1. The summed E-state index contributed by atoms with van der Waals surface area (Å²) >= 11 is 0. The van der Waals surface area contributed by atoms with E-state index in [0.29, 0.717) is 19.0 Å². The highest BCUT2D eigenvalue weighted by molar-refractivity contribution is 5.95. The molecule has 2 heterocycles. The predicted molar refractivity (Wildman–Crippen MR) is 109 cm³/mol. The van der Waals surface area contributed by atoms with Crippen LogP contribution in [-0.4, -0.2) is 62.1 Å². The highest BCUT2D eigenvalue weighted by atomic mass is 16.5. The van der Waals surface area contributed by atoms with E-state index in [2.05, 4.69) is 24.1 Å². The summed E-state index contributed by atoms with van der Waals surface area (Å²) in [5.74, 6) is 1.04. The van der Waals surface area contributed by atoms with Gasteiger partial charge in [0, 0.05) is 49.4 Å². The molecule has 28 heavy (non-hydrogen) atoms. The third-order valence-corrected chi connectivity index (χ3v) is 6.38. The standard InChI is InChI=1S/C22H31N3O3/c1-15-3-4-17(14-20(15)24-9-11-28-12-10-24)22(27)25-7-5-18(6-8-25)23-21(26)19-13-16(19)2/h3-4,14,16,18-19H,5-13H2,1-2H3,(H,23,26)/t16-,19+/m1/s1. The van der Waals surface area contributed by atoms with Crippen LogP contribution in [0.2, 0.25) is 0 Å². The first-order chi connectivity index (χ1) is 13.5. The Morgan fingerprint density at radius 3 is 2.43 bits per heavy atom. The molecule has 0 aromatic heterocycles. The molecule has 2 atom stereocenters. The number of likely N-dealkylation sites (tertiary alicyclic amines) is 1. The molecular formula is C22H31N3O3. The second kappa shape index (κ2) is 8.11. The molecule has 3 aliphatic rings. The van der Waals surface area contributed by atoms with Gasteiger partial charge in [-0.1, -0.05) is 13.0 Å². The second-order valence-electron chi connectivity index (χ2n) is 8.50. The second-order valence-corrected chi connectivity index (χ2v) is 8.50. The molecule has 0 bridgehead atoms. The Labute approximate surface area is 167 Å². The van der Waals surface area contributed by atoms with Gasteiger partial charge in [-0.15, -0.1) is 0 Å². The number of nitrogens with one attached hydrogen (secondary N) is 1. The molecule has 2 aliphatic heterocycles. The van der Waals surface area contributed by atoms with Gasteiger partial charge in [0.05, 0.1) is 13.2 Å². The number of hydrogen-bond donors (Lipinski definition) is 1. The summed E-state index contributed by atoms with van der Waals surface area (Å²) in [6.07, 6.45) is 2.68. The quantitative estimate of drug-likeness (QED) is 0.863.